The van der Waals surface area contributed by atoms with Gasteiger partial charge >= 0.3 is 0 Å². The molecule has 7 heteroatoms. The third-order valence-electron chi connectivity index (χ3n) is 4.73. The summed E-state index contributed by atoms with van der Waals surface area (Å²) in [5.74, 6) is 1.65. The van der Waals surface area contributed by atoms with Crippen LogP contribution in [0.2, 0.25) is 0 Å². The molecule has 1 aromatic carbocycles. The number of hydrogen-bond donors (Lipinski definition) is 0. The average Bonchev–Trinajstić information content (AvgIpc) is 3.42. The first-order valence-corrected chi connectivity index (χ1v) is 8.77. The van der Waals surface area contributed by atoms with Gasteiger partial charge in [-0.15, -0.1) is 0 Å². The Hall–Kier alpha value is -3.22. The Morgan fingerprint density at radius 2 is 1.96 bits per heavy atom. The molecule has 1 fully saturated rings. The molecule has 0 aliphatic heterocycles. The van der Waals surface area contributed by atoms with Crippen LogP contribution in [0, 0.1) is 0 Å². The lowest BCUT2D eigenvalue weighted by Crippen LogP contribution is -2.07. The van der Waals surface area contributed by atoms with Gasteiger partial charge in [0.05, 0.1) is 17.5 Å². The Balaban J connectivity index is 1.53. The van der Waals surface area contributed by atoms with Gasteiger partial charge in [0.15, 0.2) is 11.4 Å². The summed E-state index contributed by atoms with van der Waals surface area (Å²) in [6, 6.07) is 11.6. The van der Waals surface area contributed by atoms with Crippen LogP contribution in [0.4, 0.5) is 0 Å². The third kappa shape index (κ3) is 2.61. The molecule has 4 aromatic rings. The maximum Gasteiger partial charge on any atom is 0.260 e. The van der Waals surface area contributed by atoms with Crippen LogP contribution < -0.4 is 4.74 Å². The van der Waals surface area contributed by atoms with Crippen molar-refractivity contribution < 1.29 is 9.26 Å². The first-order valence-electron chi connectivity index (χ1n) is 8.77. The van der Waals surface area contributed by atoms with Crippen molar-refractivity contribution in [3.05, 3.63) is 48.9 Å². The average molecular weight is 347 g/mol. The summed E-state index contributed by atoms with van der Waals surface area (Å²) >= 11 is 0. The van der Waals surface area contributed by atoms with Crippen molar-refractivity contribution in [3.8, 4) is 23.1 Å². The smallest absolute Gasteiger partial charge is 0.260 e. The van der Waals surface area contributed by atoms with Crippen molar-refractivity contribution >= 4 is 11.0 Å². The molecule has 0 bridgehead atoms. The van der Waals surface area contributed by atoms with Crippen molar-refractivity contribution in [1.82, 2.24) is 24.9 Å². The molecule has 0 spiro atoms. The van der Waals surface area contributed by atoms with Gasteiger partial charge in [0.1, 0.15) is 17.8 Å². The zero-order chi connectivity index (χ0) is 17.3. The Kier molecular flexibility index (Phi) is 3.62. The van der Waals surface area contributed by atoms with E-state index in [9.17, 15) is 0 Å². The molecule has 0 amide bonds. The van der Waals surface area contributed by atoms with Gasteiger partial charge in [-0.3, -0.25) is 0 Å². The summed E-state index contributed by atoms with van der Waals surface area (Å²) in [5.41, 5.74) is 1.53. The number of ether oxygens (including phenoxy) is 1. The maximum atomic E-state index is 5.73. The number of hydrogen-bond acceptors (Lipinski definition) is 6. The highest BCUT2D eigenvalue weighted by Crippen LogP contribution is 2.35. The summed E-state index contributed by atoms with van der Waals surface area (Å²) in [4.78, 5) is 8.60. The first kappa shape index (κ1) is 15.1. The number of nitrogens with zero attached hydrogens (tertiary/aromatic N) is 5. The summed E-state index contributed by atoms with van der Waals surface area (Å²) in [7, 11) is 0. The lowest BCUT2D eigenvalue weighted by atomic mass is 10.2. The highest BCUT2D eigenvalue weighted by molar-refractivity contribution is 5.89. The Bertz CT molecular complexity index is 1030. The lowest BCUT2D eigenvalue weighted by Gasteiger charge is -2.09. The number of fused-ring (bicyclic) bond motifs is 1. The second kappa shape index (κ2) is 6.25. The Morgan fingerprint density at radius 3 is 2.81 bits per heavy atom. The molecule has 3 aromatic heterocycles. The van der Waals surface area contributed by atoms with Crippen molar-refractivity contribution in [2.75, 3.05) is 0 Å². The van der Waals surface area contributed by atoms with E-state index in [1.807, 2.05) is 35.0 Å². The van der Waals surface area contributed by atoms with Crippen LogP contribution >= 0.6 is 0 Å². The molecule has 3 heterocycles. The summed E-state index contributed by atoms with van der Waals surface area (Å²) in [6.07, 6.45) is 8.03. The van der Waals surface area contributed by atoms with Gasteiger partial charge in [-0.25, -0.2) is 14.6 Å². The molecule has 1 aliphatic rings. The fourth-order valence-corrected chi connectivity index (χ4v) is 3.50. The minimum atomic E-state index is 0.379. The molecule has 0 radical (unpaired) electrons. The number of benzene rings is 1. The van der Waals surface area contributed by atoms with Gasteiger partial charge in [0, 0.05) is 6.20 Å². The van der Waals surface area contributed by atoms with Gasteiger partial charge in [0.25, 0.3) is 5.88 Å². The van der Waals surface area contributed by atoms with E-state index < -0.39 is 0 Å². The highest BCUT2D eigenvalue weighted by Gasteiger charge is 2.24. The maximum absolute atomic E-state index is 5.73. The van der Waals surface area contributed by atoms with Crippen LogP contribution in [0.3, 0.4) is 0 Å². The second-order valence-electron chi connectivity index (χ2n) is 6.44. The van der Waals surface area contributed by atoms with Crippen LogP contribution in [0.1, 0.15) is 31.7 Å². The predicted molar refractivity (Wildman–Crippen MR) is 94.8 cm³/mol. The molecule has 0 unspecified atom stereocenters. The zero-order valence-corrected chi connectivity index (χ0v) is 14.1. The normalized spacial score (nSPS) is 14.9. The fourth-order valence-electron chi connectivity index (χ4n) is 3.50. The van der Waals surface area contributed by atoms with E-state index in [-0.39, 0.29) is 0 Å². The number of rotatable bonds is 4. The monoisotopic (exact) mass is 347 g/mol. The van der Waals surface area contributed by atoms with E-state index in [4.69, 9.17) is 14.4 Å². The van der Waals surface area contributed by atoms with Crippen LogP contribution in [0.25, 0.3) is 22.5 Å². The summed E-state index contributed by atoms with van der Waals surface area (Å²) in [5, 5.41) is 9.66. The summed E-state index contributed by atoms with van der Waals surface area (Å²) < 4.78 is 13.2. The Labute approximate surface area is 149 Å². The molecular weight excluding hydrogens is 330 g/mol. The molecule has 1 aliphatic carbocycles. The van der Waals surface area contributed by atoms with Gasteiger partial charge in [-0.1, -0.05) is 31.0 Å². The van der Waals surface area contributed by atoms with Gasteiger partial charge < -0.3 is 9.26 Å². The predicted octanol–water partition coefficient (Wildman–Crippen LogP) is 4.39. The van der Waals surface area contributed by atoms with Gasteiger partial charge in [0.2, 0.25) is 0 Å². The minimum Gasteiger partial charge on any atom is -0.436 e. The second-order valence-corrected chi connectivity index (χ2v) is 6.44. The third-order valence-corrected chi connectivity index (χ3v) is 4.73. The quantitative estimate of drug-likeness (QED) is 0.545. The van der Waals surface area contributed by atoms with Crippen LogP contribution in [-0.4, -0.2) is 24.9 Å². The Morgan fingerprint density at radius 1 is 1.12 bits per heavy atom. The molecule has 5 rings (SSSR count). The molecule has 26 heavy (non-hydrogen) atoms. The number of para-hydroxylation sites is 1. The van der Waals surface area contributed by atoms with Crippen molar-refractivity contribution in [1.29, 1.82) is 0 Å². The van der Waals surface area contributed by atoms with E-state index in [2.05, 4.69) is 15.1 Å². The van der Waals surface area contributed by atoms with E-state index in [1.54, 1.807) is 18.6 Å². The molecule has 0 saturated heterocycles. The zero-order valence-electron chi connectivity index (χ0n) is 14.1. The SMILES string of the molecule is c1ccc(Oc2cc(-c3nn(C4CCCC4)c4ncncc34)on2)cc1. The first-order chi connectivity index (χ1) is 12.9. The highest BCUT2D eigenvalue weighted by atomic mass is 16.5. The fraction of sp³-hybridized carbons (Fsp3) is 0.263. The van der Waals surface area contributed by atoms with E-state index in [0.29, 0.717) is 29.1 Å². The summed E-state index contributed by atoms with van der Waals surface area (Å²) in [6.45, 7) is 0. The largest absolute Gasteiger partial charge is 0.436 e. The minimum absolute atomic E-state index is 0.379. The molecular formula is C19H17N5O2. The van der Waals surface area contributed by atoms with Crippen LogP contribution in [0.15, 0.2) is 53.4 Å². The molecule has 0 atom stereocenters. The van der Waals surface area contributed by atoms with Gasteiger partial charge in [-0.2, -0.15) is 5.10 Å². The van der Waals surface area contributed by atoms with E-state index in [1.165, 1.54) is 12.8 Å². The number of aromatic nitrogens is 5. The molecule has 130 valence electrons. The molecule has 1 saturated carbocycles. The topological polar surface area (TPSA) is 78.9 Å². The van der Waals surface area contributed by atoms with Crippen molar-refractivity contribution in [2.45, 2.75) is 31.7 Å². The van der Waals surface area contributed by atoms with Crippen molar-refractivity contribution in [2.24, 2.45) is 0 Å². The lowest BCUT2D eigenvalue weighted by molar-refractivity contribution is 0.372. The van der Waals surface area contributed by atoms with Crippen LogP contribution in [0.5, 0.6) is 11.6 Å². The molecule has 0 N–H and O–H groups in total. The van der Waals surface area contributed by atoms with Gasteiger partial charge in [-0.05, 0) is 30.1 Å². The van der Waals surface area contributed by atoms with E-state index in [0.717, 1.165) is 23.9 Å². The molecule has 7 nitrogen and oxygen atoms in total. The standard InChI is InChI=1S/C19H17N5O2/c1-2-8-14(9-3-1)25-17-10-16(26-23-17)18-15-11-20-12-21-19(15)24(22-18)13-6-4-5-7-13/h1-3,8-13H,4-7H2. The van der Waals surface area contributed by atoms with Crippen LogP contribution in [-0.2, 0) is 0 Å². The van der Waals surface area contributed by atoms with Crippen molar-refractivity contribution in [3.63, 3.8) is 0 Å². The van der Waals surface area contributed by atoms with E-state index >= 15 is 0 Å².